The minimum Gasteiger partial charge on any atom is -0.454 e. The number of carbonyl (C=O) groups is 1. The zero-order valence-corrected chi connectivity index (χ0v) is 14.7. The molecule has 3 heteroatoms. The summed E-state index contributed by atoms with van der Waals surface area (Å²) in [6.07, 6.45) is 4.95. The van der Waals surface area contributed by atoms with Crippen molar-refractivity contribution in [1.82, 2.24) is 0 Å². The van der Waals surface area contributed by atoms with Gasteiger partial charge < -0.3 is 4.74 Å². The van der Waals surface area contributed by atoms with Gasteiger partial charge in [0.2, 0.25) is 0 Å². The predicted molar refractivity (Wildman–Crippen MR) is 89.5 cm³/mol. The van der Waals surface area contributed by atoms with Crippen molar-refractivity contribution < 1.29 is 9.53 Å². The summed E-state index contributed by atoms with van der Waals surface area (Å²) in [6, 6.07) is 8.40. The van der Waals surface area contributed by atoms with Crippen molar-refractivity contribution in [2.45, 2.75) is 58.5 Å². The van der Waals surface area contributed by atoms with Gasteiger partial charge in [-0.15, -0.1) is 0 Å². The van der Waals surface area contributed by atoms with E-state index >= 15 is 0 Å². The van der Waals surface area contributed by atoms with Crippen molar-refractivity contribution in [2.24, 2.45) is 5.41 Å². The van der Waals surface area contributed by atoms with Gasteiger partial charge >= 0.3 is 5.97 Å². The van der Waals surface area contributed by atoms with E-state index in [0.717, 1.165) is 37.7 Å². The molecule has 20 heavy (non-hydrogen) atoms. The molecule has 0 unspecified atom stereocenters. The van der Waals surface area contributed by atoms with Crippen molar-refractivity contribution in [1.29, 1.82) is 0 Å². The maximum Gasteiger partial charge on any atom is 0.312 e. The maximum atomic E-state index is 12.5. The quantitative estimate of drug-likeness (QED) is 0.535. The monoisotopic (exact) mass is 386 g/mol. The average Bonchev–Trinajstić information content (AvgIpc) is 2.89. The zero-order valence-electron chi connectivity index (χ0n) is 12.5. The van der Waals surface area contributed by atoms with Crippen LogP contribution in [0.1, 0.15) is 58.4 Å². The number of hydrogen-bond donors (Lipinski definition) is 0. The number of rotatable bonds is 4. The third-order valence-corrected chi connectivity index (χ3v) is 5.23. The van der Waals surface area contributed by atoms with Gasteiger partial charge in [-0.3, -0.25) is 4.79 Å². The van der Waals surface area contributed by atoms with Crippen LogP contribution in [0.4, 0.5) is 0 Å². The molecule has 2 nitrogen and oxygen atoms in total. The molecule has 1 aromatic carbocycles. The molecule has 0 aliphatic heterocycles. The molecular formula is C17H23IO2. The molecule has 0 N–H and O–H groups in total. The Hall–Kier alpha value is -0.580. The lowest BCUT2D eigenvalue weighted by Crippen LogP contribution is -2.36. The van der Waals surface area contributed by atoms with Crippen LogP contribution in [-0.2, 0) is 15.1 Å². The van der Waals surface area contributed by atoms with Crippen molar-refractivity contribution in [2.75, 3.05) is 0 Å². The predicted octanol–water partition coefficient (Wildman–Crippen LogP) is 5.04. The van der Waals surface area contributed by atoms with E-state index < -0.39 is 11.0 Å². The van der Waals surface area contributed by atoms with Crippen molar-refractivity contribution >= 4 is 28.6 Å². The largest absolute Gasteiger partial charge is 0.454 e. The fourth-order valence-corrected chi connectivity index (χ4v) is 2.97. The molecule has 0 saturated heterocycles. The highest BCUT2D eigenvalue weighted by atomic mass is 127. The Morgan fingerprint density at radius 2 is 1.80 bits per heavy atom. The van der Waals surface area contributed by atoms with E-state index in [9.17, 15) is 4.79 Å². The summed E-state index contributed by atoms with van der Waals surface area (Å²) < 4.78 is 7.25. The summed E-state index contributed by atoms with van der Waals surface area (Å²) in [5.41, 5.74) is 0.350. The summed E-state index contributed by atoms with van der Waals surface area (Å²) in [6.45, 7) is 5.96. The Morgan fingerprint density at radius 3 is 2.30 bits per heavy atom. The van der Waals surface area contributed by atoms with E-state index in [1.807, 2.05) is 20.8 Å². The molecule has 0 spiro atoms. The Labute approximate surface area is 135 Å². The summed E-state index contributed by atoms with van der Waals surface area (Å²) in [5, 5.41) is 0. The molecule has 0 atom stereocenters. The molecular weight excluding hydrogens is 363 g/mol. The maximum absolute atomic E-state index is 12.5. The molecule has 0 aromatic heterocycles. The Balaban J connectivity index is 2.27. The second-order valence-electron chi connectivity index (χ2n) is 6.34. The highest BCUT2D eigenvalue weighted by molar-refractivity contribution is 14.1. The van der Waals surface area contributed by atoms with Crippen molar-refractivity contribution in [3.05, 3.63) is 33.4 Å². The summed E-state index contributed by atoms with van der Waals surface area (Å²) in [4.78, 5) is 12.5. The smallest absolute Gasteiger partial charge is 0.312 e. The van der Waals surface area contributed by atoms with E-state index in [-0.39, 0.29) is 5.97 Å². The molecule has 1 aliphatic rings. The lowest BCUT2D eigenvalue weighted by Gasteiger charge is -2.33. The topological polar surface area (TPSA) is 26.3 Å². The first-order valence-corrected chi connectivity index (χ1v) is 8.47. The first-order chi connectivity index (χ1) is 9.39. The van der Waals surface area contributed by atoms with E-state index in [4.69, 9.17) is 4.74 Å². The van der Waals surface area contributed by atoms with Gasteiger partial charge in [-0.2, -0.15) is 0 Å². The van der Waals surface area contributed by atoms with E-state index in [0.29, 0.717) is 0 Å². The van der Waals surface area contributed by atoms with Gasteiger partial charge in [-0.05, 0) is 86.2 Å². The standard InChI is InChI=1S/C17H23IO2/c1-4-16(2,3)15(19)20-17(11-5-6-12-17)13-7-9-14(18)10-8-13/h7-10H,4-6,11-12H2,1-3H3. The first kappa shape index (κ1) is 15.8. The van der Waals surface area contributed by atoms with Gasteiger partial charge in [0.25, 0.3) is 0 Å². The Morgan fingerprint density at radius 1 is 1.25 bits per heavy atom. The van der Waals surface area contributed by atoms with Gasteiger partial charge in [0.1, 0.15) is 5.60 Å². The molecule has 1 aromatic rings. The third kappa shape index (κ3) is 3.18. The summed E-state index contributed by atoms with van der Waals surface area (Å²) in [5.74, 6) is -0.0690. The van der Waals surface area contributed by atoms with Crippen LogP contribution in [0, 0.1) is 8.99 Å². The molecule has 2 rings (SSSR count). The number of esters is 1. The highest BCUT2D eigenvalue weighted by Crippen LogP contribution is 2.43. The fourth-order valence-electron chi connectivity index (χ4n) is 2.61. The first-order valence-electron chi connectivity index (χ1n) is 7.39. The van der Waals surface area contributed by atoms with Crippen LogP contribution >= 0.6 is 22.6 Å². The number of ether oxygens (including phenoxy) is 1. The second kappa shape index (κ2) is 6.04. The Bertz CT molecular complexity index is 470. The molecule has 0 amide bonds. The molecule has 0 bridgehead atoms. The van der Waals surface area contributed by atoms with Crippen LogP contribution in [0.2, 0.25) is 0 Å². The normalized spacial score (nSPS) is 18.0. The van der Waals surface area contributed by atoms with Crippen LogP contribution in [0.15, 0.2) is 24.3 Å². The number of benzene rings is 1. The van der Waals surface area contributed by atoms with E-state index in [1.54, 1.807) is 0 Å². The fraction of sp³-hybridized carbons (Fsp3) is 0.588. The molecule has 0 heterocycles. The third-order valence-electron chi connectivity index (χ3n) is 4.51. The van der Waals surface area contributed by atoms with Crippen molar-refractivity contribution in [3.63, 3.8) is 0 Å². The van der Waals surface area contributed by atoms with Crippen LogP contribution < -0.4 is 0 Å². The second-order valence-corrected chi connectivity index (χ2v) is 7.58. The van der Waals surface area contributed by atoms with Crippen LogP contribution in [-0.4, -0.2) is 5.97 Å². The molecule has 1 aliphatic carbocycles. The number of hydrogen-bond acceptors (Lipinski definition) is 2. The SMILES string of the molecule is CCC(C)(C)C(=O)OC1(c2ccc(I)cc2)CCCC1. The molecule has 110 valence electrons. The summed E-state index contributed by atoms with van der Waals surface area (Å²) >= 11 is 2.30. The van der Waals surface area contributed by atoms with E-state index in [2.05, 4.69) is 46.9 Å². The lowest BCUT2D eigenvalue weighted by atomic mass is 9.88. The Kier molecular flexibility index (Phi) is 4.77. The number of carbonyl (C=O) groups excluding carboxylic acids is 1. The van der Waals surface area contributed by atoms with Gasteiger partial charge in [0, 0.05) is 3.57 Å². The molecule has 1 saturated carbocycles. The lowest BCUT2D eigenvalue weighted by molar-refractivity contribution is -0.171. The van der Waals surface area contributed by atoms with Gasteiger partial charge in [-0.1, -0.05) is 19.1 Å². The average molecular weight is 386 g/mol. The van der Waals surface area contributed by atoms with E-state index in [1.165, 1.54) is 3.57 Å². The van der Waals surface area contributed by atoms with Gasteiger partial charge in [-0.25, -0.2) is 0 Å². The van der Waals surface area contributed by atoms with Gasteiger partial charge in [0.05, 0.1) is 5.41 Å². The highest BCUT2D eigenvalue weighted by Gasteiger charge is 2.42. The van der Waals surface area contributed by atoms with Crippen molar-refractivity contribution in [3.8, 4) is 0 Å². The van der Waals surface area contributed by atoms with Crippen LogP contribution in [0.3, 0.4) is 0 Å². The van der Waals surface area contributed by atoms with Crippen LogP contribution in [0.25, 0.3) is 0 Å². The molecule has 0 radical (unpaired) electrons. The minimum atomic E-state index is -0.404. The number of halogens is 1. The molecule has 1 fully saturated rings. The minimum absolute atomic E-state index is 0.0690. The van der Waals surface area contributed by atoms with Gasteiger partial charge in [0.15, 0.2) is 0 Å². The zero-order chi connectivity index (χ0) is 14.8. The summed E-state index contributed by atoms with van der Waals surface area (Å²) in [7, 11) is 0. The van der Waals surface area contributed by atoms with Crippen LogP contribution in [0.5, 0.6) is 0 Å².